The van der Waals surface area contributed by atoms with Crippen molar-refractivity contribution in [2.45, 2.75) is 25.3 Å². The highest BCUT2D eigenvalue weighted by atomic mass is 35.5. The lowest BCUT2D eigenvalue weighted by Gasteiger charge is -2.08. The maximum absolute atomic E-state index is 10.9. The van der Waals surface area contributed by atoms with Crippen molar-refractivity contribution in [3.63, 3.8) is 0 Å². The van der Waals surface area contributed by atoms with E-state index in [0.717, 1.165) is 6.42 Å². The lowest BCUT2D eigenvalue weighted by Crippen LogP contribution is -2.03. The summed E-state index contributed by atoms with van der Waals surface area (Å²) in [5.74, 6) is 0.565. The van der Waals surface area contributed by atoms with E-state index in [1.807, 2.05) is 6.92 Å². The predicted molar refractivity (Wildman–Crippen MR) is 77.7 cm³/mol. The zero-order valence-electron chi connectivity index (χ0n) is 11.7. The topological polar surface area (TPSA) is 83.1 Å². The maximum atomic E-state index is 10.9. The SMILES string of the molecule is CCC(Cl)c1cn(Cc2cc([N+](=O)[O-])ccc2OC)nn1. The van der Waals surface area contributed by atoms with Crippen molar-refractivity contribution in [2.24, 2.45) is 0 Å². The molecule has 0 fully saturated rings. The minimum Gasteiger partial charge on any atom is -0.496 e. The number of nitro groups is 1. The molecule has 1 heterocycles. The van der Waals surface area contributed by atoms with Crippen molar-refractivity contribution >= 4 is 17.3 Å². The smallest absolute Gasteiger partial charge is 0.270 e. The first-order chi connectivity index (χ1) is 10.0. The van der Waals surface area contributed by atoms with Gasteiger partial charge in [0.25, 0.3) is 5.69 Å². The van der Waals surface area contributed by atoms with E-state index in [1.54, 1.807) is 16.9 Å². The Bertz CT molecular complexity index is 644. The van der Waals surface area contributed by atoms with Gasteiger partial charge in [-0.2, -0.15) is 0 Å². The fourth-order valence-electron chi connectivity index (χ4n) is 1.92. The predicted octanol–water partition coefficient (Wildman–Crippen LogP) is 2.93. The molecule has 2 aromatic rings. The number of nitro benzene ring substituents is 1. The molecule has 2 rings (SSSR count). The molecule has 21 heavy (non-hydrogen) atoms. The Labute approximate surface area is 126 Å². The number of hydrogen-bond acceptors (Lipinski definition) is 5. The summed E-state index contributed by atoms with van der Waals surface area (Å²) in [4.78, 5) is 10.4. The summed E-state index contributed by atoms with van der Waals surface area (Å²) in [6.07, 6.45) is 2.49. The van der Waals surface area contributed by atoms with Crippen molar-refractivity contribution in [2.75, 3.05) is 7.11 Å². The fourth-order valence-corrected chi connectivity index (χ4v) is 2.02. The molecular formula is C13H15ClN4O3. The van der Waals surface area contributed by atoms with Gasteiger partial charge in [0.1, 0.15) is 11.4 Å². The Balaban J connectivity index is 2.27. The first-order valence-corrected chi connectivity index (χ1v) is 6.84. The van der Waals surface area contributed by atoms with Crippen LogP contribution in [-0.2, 0) is 6.54 Å². The number of halogens is 1. The molecule has 0 N–H and O–H groups in total. The van der Waals surface area contributed by atoms with E-state index >= 15 is 0 Å². The zero-order valence-corrected chi connectivity index (χ0v) is 12.4. The van der Waals surface area contributed by atoms with Gasteiger partial charge in [-0.3, -0.25) is 10.1 Å². The molecule has 0 bridgehead atoms. The lowest BCUT2D eigenvalue weighted by molar-refractivity contribution is -0.384. The fraction of sp³-hybridized carbons (Fsp3) is 0.385. The molecule has 1 aromatic heterocycles. The second-order valence-corrected chi connectivity index (χ2v) is 5.00. The number of ether oxygens (including phenoxy) is 1. The number of alkyl halides is 1. The number of aromatic nitrogens is 3. The Hall–Kier alpha value is -2.15. The zero-order chi connectivity index (χ0) is 15.4. The highest BCUT2D eigenvalue weighted by Crippen LogP contribution is 2.25. The third-order valence-corrected chi connectivity index (χ3v) is 3.58. The summed E-state index contributed by atoms with van der Waals surface area (Å²) in [6, 6.07) is 4.45. The van der Waals surface area contributed by atoms with E-state index in [1.165, 1.54) is 19.2 Å². The van der Waals surface area contributed by atoms with Crippen LogP contribution in [0.1, 0.15) is 30.0 Å². The summed E-state index contributed by atoms with van der Waals surface area (Å²) in [7, 11) is 1.52. The third-order valence-electron chi connectivity index (χ3n) is 3.04. The van der Waals surface area contributed by atoms with Crippen molar-refractivity contribution in [3.8, 4) is 5.75 Å². The van der Waals surface area contributed by atoms with E-state index in [0.29, 0.717) is 23.6 Å². The van der Waals surface area contributed by atoms with E-state index in [4.69, 9.17) is 16.3 Å². The van der Waals surface area contributed by atoms with Gasteiger partial charge < -0.3 is 4.74 Å². The van der Waals surface area contributed by atoms with E-state index in [2.05, 4.69) is 10.3 Å². The Morgan fingerprint density at radius 3 is 2.90 bits per heavy atom. The average molecular weight is 311 g/mol. The summed E-state index contributed by atoms with van der Waals surface area (Å²) < 4.78 is 6.80. The molecule has 0 saturated carbocycles. The van der Waals surface area contributed by atoms with Crippen molar-refractivity contribution < 1.29 is 9.66 Å². The highest BCUT2D eigenvalue weighted by Gasteiger charge is 2.14. The van der Waals surface area contributed by atoms with Crippen LogP contribution in [0.5, 0.6) is 5.75 Å². The van der Waals surface area contributed by atoms with Crippen molar-refractivity contribution in [3.05, 3.63) is 45.8 Å². The first kappa shape index (κ1) is 15.2. The molecule has 0 radical (unpaired) electrons. The van der Waals surface area contributed by atoms with Crippen LogP contribution in [0, 0.1) is 10.1 Å². The largest absolute Gasteiger partial charge is 0.496 e. The Morgan fingerprint density at radius 2 is 2.29 bits per heavy atom. The molecule has 8 heteroatoms. The van der Waals surface area contributed by atoms with Gasteiger partial charge in [-0.25, -0.2) is 4.68 Å². The van der Waals surface area contributed by atoms with Gasteiger partial charge >= 0.3 is 0 Å². The number of nitrogens with zero attached hydrogens (tertiary/aromatic N) is 4. The number of methoxy groups -OCH3 is 1. The number of non-ortho nitro benzene ring substituents is 1. The molecule has 0 aliphatic heterocycles. The van der Waals surface area contributed by atoms with Crippen LogP contribution in [0.15, 0.2) is 24.4 Å². The van der Waals surface area contributed by atoms with Gasteiger partial charge in [0.2, 0.25) is 0 Å². The second-order valence-electron chi connectivity index (χ2n) is 4.47. The van der Waals surface area contributed by atoms with Crippen LogP contribution < -0.4 is 4.74 Å². The van der Waals surface area contributed by atoms with Gasteiger partial charge in [-0.1, -0.05) is 12.1 Å². The van der Waals surface area contributed by atoms with Gasteiger partial charge in [0, 0.05) is 17.7 Å². The lowest BCUT2D eigenvalue weighted by atomic mass is 10.1. The quantitative estimate of drug-likeness (QED) is 0.465. The van der Waals surface area contributed by atoms with Crippen LogP contribution in [0.25, 0.3) is 0 Å². The van der Waals surface area contributed by atoms with Gasteiger partial charge in [-0.05, 0) is 12.5 Å². The van der Waals surface area contributed by atoms with Gasteiger partial charge in [0.05, 0.1) is 30.2 Å². The van der Waals surface area contributed by atoms with Crippen LogP contribution >= 0.6 is 11.6 Å². The minimum atomic E-state index is -0.443. The summed E-state index contributed by atoms with van der Waals surface area (Å²) in [6.45, 7) is 2.28. The minimum absolute atomic E-state index is 0.00918. The molecule has 0 amide bonds. The van der Waals surface area contributed by atoms with Crippen LogP contribution in [-0.4, -0.2) is 27.0 Å². The van der Waals surface area contributed by atoms with Gasteiger partial charge in [-0.15, -0.1) is 16.7 Å². The van der Waals surface area contributed by atoms with E-state index < -0.39 is 4.92 Å². The summed E-state index contributed by atoms with van der Waals surface area (Å²) in [5.41, 5.74) is 1.35. The highest BCUT2D eigenvalue weighted by molar-refractivity contribution is 6.20. The second kappa shape index (κ2) is 6.53. The normalized spacial score (nSPS) is 12.1. The van der Waals surface area contributed by atoms with E-state index in [9.17, 15) is 10.1 Å². The maximum Gasteiger partial charge on any atom is 0.270 e. The van der Waals surface area contributed by atoms with E-state index in [-0.39, 0.29) is 11.1 Å². The average Bonchev–Trinajstić information content (AvgIpc) is 2.94. The third kappa shape index (κ3) is 3.49. The monoisotopic (exact) mass is 310 g/mol. The summed E-state index contributed by atoms with van der Waals surface area (Å²) in [5, 5.41) is 18.7. The van der Waals surface area contributed by atoms with Gasteiger partial charge in [0.15, 0.2) is 0 Å². The van der Waals surface area contributed by atoms with Crippen LogP contribution in [0.4, 0.5) is 5.69 Å². The molecule has 0 spiro atoms. The molecule has 7 nitrogen and oxygen atoms in total. The molecule has 1 unspecified atom stereocenters. The van der Waals surface area contributed by atoms with Crippen molar-refractivity contribution in [1.29, 1.82) is 0 Å². The molecular weight excluding hydrogens is 296 g/mol. The van der Waals surface area contributed by atoms with Crippen molar-refractivity contribution in [1.82, 2.24) is 15.0 Å². The van der Waals surface area contributed by atoms with Crippen LogP contribution in [0.3, 0.4) is 0 Å². The number of rotatable bonds is 6. The summed E-state index contributed by atoms with van der Waals surface area (Å²) >= 11 is 6.10. The molecule has 1 atom stereocenters. The molecule has 0 aliphatic rings. The first-order valence-electron chi connectivity index (χ1n) is 6.40. The molecule has 112 valence electrons. The molecule has 0 saturated heterocycles. The standard InChI is InChI=1S/C13H15ClN4O3/c1-3-11(14)12-8-17(16-15-12)7-9-6-10(18(19)20)4-5-13(9)21-2/h4-6,8,11H,3,7H2,1-2H3. The number of benzene rings is 1. The number of hydrogen-bond donors (Lipinski definition) is 0. The Morgan fingerprint density at radius 1 is 1.52 bits per heavy atom. The Kier molecular flexibility index (Phi) is 4.74. The molecule has 0 aliphatic carbocycles. The molecule has 1 aromatic carbocycles. The van der Waals surface area contributed by atoms with Crippen LogP contribution in [0.2, 0.25) is 0 Å².